The van der Waals surface area contributed by atoms with Crippen molar-refractivity contribution in [2.24, 2.45) is 5.92 Å². The van der Waals surface area contributed by atoms with Gasteiger partial charge in [0.1, 0.15) is 11.6 Å². The molecular weight excluding hydrogens is 344 g/mol. The third-order valence-electron chi connectivity index (χ3n) is 4.97. The van der Waals surface area contributed by atoms with Crippen LogP contribution in [0.4, 0.5) is 17.6 Å². The fourth-order valence-electron chi connectivity index (χ4n) is 3.74. The summed E-state index contributed by atoms with van der Waals surface area (Å²) in [6.07, 6.45) is -1.09. The van der Waals surface area contributed by atoms with Crippen LogP contribution in [0.25, 0.3) is 0 Å². The van der Waals surface area contributed by atoms with Gasteiger partial charge in [-0.05, 0) is 43.4 Å². The monoisotopic (exact) mass is 362 g/mol. The van der Waals surface area contributed by atoms with Gasteiger partial charge in [-0.15, -0.1) is 0 Å². The fraction of sp³-hybridized carbons (Fsp3) is 0.588. The molecule has 2 unspecified atom stereocenters. The van der Waals surface area contributed by atoms with Crippen molar-refractivity contribution in [3.63, 3.8) is 0 Å². The molecule has 0 aliphatic carbocycles. The Labute approximate surface area is 140 Å². The average Bonchev–Trinajstić information content (AvgIpc) is 2.47. The molecule has 0 saturated carbocycles. The number of benzene rings is 1. The highest BCUT2D eigenvalue weighted by molar-refractivity contribution is 7.86. The second-order valence-electron chi connectivity index (χ2n) is 6.63. The van der Waals surface area contributed by atoms with Gasteiger partial charge in [-0.3, -0.25) is 9.00 Å². The van der Waals surface area contributed by atoms with Crippen LogP contribution in [0.5, 0.6) is 0 Å². The molecule has 2 heterocycles. The van der Waals surface area contributed by atoms with Crippen LogP contribution in [-0.2, 0) is 28.2 Å². The summed E-state index contributed by atoms with van der Waals surface area (Å²) in [6.45, 7) is 0. The zero-order chi connectivity index (χ0) is 17.5. The van der Waals surface area contributed by atoms with Gasteiger partial charge in [-0.1, -0.05) is 12.5 Å². The SMILES string of the molecule is O=C(Cc1ccc(F)c(C(F)(F)F)c1)C1CC2CCCC(C1)S2=O. The number of halogens is 4. The Bertz CT molecular complexity index is 655. The Morgan fingerprint density at radius 3 is 2.38 bits per heavy atom. The summed E-state index contributed by atoms with van der Waals surface area (Å²) >= 11 is 0. The zero-order valence-corrected chi connectivity index (χ0v) is 13.8. The van der Waals surface area contributed by atoms with Crippen molar-refractivity contribution in [3.8, 4) is 0 Å². The van der Waals surface area contributed by atoms with E-state index in [0.29, 0.717) is 12.8 Å². The summed E-state index contributed by atoms with van der Waals surface area (Å²) < 4.78 is 63.8. The highest BCUT2D eigenvalue weighted by atomic mass is 32.2. The number of hydrogen-bond donors (Lipinski definition) is 0. The van der Waals surface area contributed by atoms with Crippen LogP contribution in [0.3, 0.4) is 0 Å². The van der Waals surface area contributed by atoms with Gasteiger partial charge in [-0.25, -0.2) is 4.39 Å². The van der Waals surface area contributed by atoms with Crippen LogP contribution in [0.15, 0.2) is 18.2 Å². The van der Waals surface area contributed by atoms with Crippen molar-refractivity contribution < 1.29 is 26.6 Å². The van der Waals surface area contributed by atoms with Crippen molar-refractivity contribution in [2.75, 3.05) is 0 Å². The van der Waals surface area contributed by atoms with Gasteiger partial charge in [0.25, 0.3) is 0 Å². The van der Waals surface area contributed by atoms with E-state index in [9.17, 15) is 26.6 Å². The predicted molar refractivity (Wildman–Crippen MR) is 82.4 cm³/mol. The zero-order valence-electron chi connectivity index (χ0n) is 12.9. The van der Waals surface area contributed by atoms with Gasteiger partial charge >= 0.3 is 6.18 Å². The van der Waals surface area contributed by atoms with E-state index in [2.05, 4.69) is 0 Å². The van der Waals surface area contributed by atoms with Crippen LogP contribution >= 0.6 is 0 Å². The Morgan fingerprint density at radius 2 is 1.79 bits per heavy atom. The molecule has 0 radical (unpaired) electrons. The van der Waals surface area contributed by atoms with Gasteiger partial charge in [-0.2, -0.15) is 13.2 Å². The molecule has 2 fully saturated rings. The van der Waals surface area contributed by atoms with E-state index in [-0.39, 0.29) is 34.2 Å². The summed E-state index contributed by atoms with van der Waals surface area (Å²) in [7, 11) is -0.889. The van der Waals surface area contributed by atoms with Crippen LogP contribution in [-0.4, -0.2) is 20.5 Å². The first-order valence-electron chi connectivity index (χ1n) is 8.03. The van der Waals surface area contributed by atoms with Gasteiger partial charge in [0.2, 0.25) is 0 Å². The summed E-state index contributed by atoms with van der Waals surface area (Å²) in [5.41, 5.74) is -1.17. The number of fused-ring (bicyclic) bond motifs is 2. The first-order chi connectivity index (χ1) is 11.3. The molecule has 24 heavy (non-hydrogen) atoms. The Kier molecular flexibility index (Phi) is 4.82. The number of alkyl halides is 3. The van der Waals surface area contributed by atoms with Gasteiger partial charge in [0.05, 0.1) is 5.56 Å². The summed E-state index contributed by atoms with van der Waals surface area (Å²) in [4.78, 5) is 12.5. The maximum Gasteiger partial charge on any atom is 0.419 e. The molecule has 0 N–H and O–H groups in total. The lowest BCUT2D eigenvalue weighted by Gasteiger charge is -2.37. The molecule has 3 rings (SSSR count). The quantitative estimate of drug-likeness (QED) is 0.761. The third kappa shape index (κ3) is 3.55. The molecule has 0 spiro atoms. The van der Waals surface area contributed by atoms with E-state index in [1.807, 2.05) is 0 Å². The molecular formula is C17H18F4O2S. The number of rotatable bonds is 3. The van der Waals surface area contributed by atoms with Crippen molar-refractivity contribution in [1.82, 2.24) is 0 Å². The average molecular weight is 362 g/mol. The van der Waals surface area contributed by atoms with Crippen LogP contribution in [0.2, 0.25) is 0 Å². The first-order valence-corrected chi connectivity index (χ1v) is 9.31. The van der Waals surface area contributed by atoms with Gasteiger partial charge in [0, 0.05) is 33.6 Å². The standard InChI is InChI=1S/C17H18F4O2S/c18-15-5-4-10(6-14(15)17(19,20)21)7-16(22)11-8-12-2-1-3-13(9-11)24(12)23/h4-6,11-13H,1-3,7-9H2. The lowest BCUT2D eigenvalue weighted by Crippen LogP contribution is -2.41. The third-order valence-corrected chi connectivity index (χ3v) is 7.14. The number of carbonyl (C=O) groups is 1. The van der Waals surface area contributed by atoms with E-state index in [0.717, 1.165) is 31.4 Å². The maximum atomic E-state index is 13.3. The number of carbonyl (C=O) groups excluding carboxylic acids is 1. The largest absolute Gasteiger partial charge is 0.419 e. The molecule has 0 amide bonds. The minimum absolute atomic E-state index is 0.0328. The lowest BCUT2D eigenvalue weighted by atomic mass is 9.84. The van der Waals surface area contributed by atoms with E-state index < -0.39 is 28.4 Å². The Balaban J connectivity index is 1.73. The molecule has 2 nitrogen and oxygen atoms in total. The molecule has 0 aromatic heterocycles. The van der Waals surface area contributed by atoms with E-state index in [4.69, 9.17) is 0 Å². The van der Waals surface area contributed by atoms with Gasteiger partial charge in [0.15, 0.2) is 0 Å². The van der Waals surface area contributed by atoms with Crippen LogP contribution in [0, 0.1) is 11.7 Å². The van der Waals surface area contributed by atoms with Crippen molar-refractivity contribution >= 4 is 16.6 Å². The van der Waals surface area contributed by atoms with Crippen LogP contribution in [0.1, 0.15) is 43.2 Å². The molecule has 1 aromatic carbocycles. The molecule has 2 saturated heterocycles. The number of ketones is 1. The molecule has 132 valence electrons. The summed E-state index contributed by atoms with van der Waals surface area (Å²) in [5.74, 6) is -1.72. The van der Waals surface area contributed by atoms with Crippen molar-refractivity contribution in [1.29, 1.82) is 0 Å². The molecule has 7 heteroatoms. The molecule has 1 aromatic rings. The Hall–Kier alpha value is -1.24. The smallest absolute Gasteiger partial charge is 0.299 e. The summed E-state index contributed by atoms with van der Waals surface area (Å²) in [5, 5.41) is 0.0656. The summed E-state index contributed by atoms with van der Waals surface area (Å²) in [6, 6.07) is 2.70. The van der Waals surface area contributed by atoms with Crippen molar-refractivity contribution in [3.05, 3.63) is 35.1 Å². The lowest BCUT2D eigenvalue weighted by molar-refractivity contribution is -0.140. The van der Waals surface area contributed by atoms with Crippen LogP contribution < -0.4 is 0 Å². The topological polar surface area (TPSA) is 34.1 Å². The number of Topliss-reactive ketones (excluding diaryl/α,β-unsaturated/α-hetero) is 1. The first kappa shape index (κ1) is 17.6. The maximum absolute atomic E-state index is 13.3. The Morgan fingerprint density at radius 1 is 1.17 bits per heavy atom. The second-order valence-corrected chi connectivity index (χ2v) is 8.62. The minimum atomic E-state index is -4.78. The molecule has 2 aliphatic heterocycles. The normalized spacial score (nSPS) is 30.2. The predicted octanol–water partition coefficient (Wildman–Crippen LogP) is 4.04. The molecule has 2 atom stereocenters. The van der Waals surface area contributed by atoms with Crippen molar-refractivity contribution in [2.45, 2.75) is 55.2 Å². The van der Waals surface area contributed by atoms with E-state index in [1.165, 1.54) is 6.07 Å². The van der Waals surface area contributed by atoms with E-state index in [1.54, 1.807) is 0 Å². The molecule has 2 aliphatic rings. The van der Waals surface area contributed by atoms with E-state index >= 15 is 0 Å². The highest BCUT2D eigenvalue weighted by Gasteiger charge is 2.40. The fourth-order valence-corrected chi connectivity index (χ4v) is 5.93. The minimum Gasteiger partial charge on any atom is -0.299 e. The number of hydrogen-bond acceptors (Lipinski definition) is 2. The highest BCUT2D eigenvalue weighted by Crippen LogP contribution is 2.38. The molecule has 2 bridgehead atoms. The van der Waals surface area contributed by atoms with Gasteiger partial charge < -0.3 is 0 Å². The second kappa shape index (κ2) is 6.58.